The Bertz CT molecular complexity index is 671. The minimum atomic E-state index is -2.75. The molecule has 1 aromatic heterocycles. The minimum absolute atomic E-state index is 0.133. The summed E-state index contributed by atoms with van der Waals surface area (Å²) in [4.78, 5) is 16.8. The first-order chi connectivity index (χ1) is 10.1. The summed E-state index contributed by atoms with van der Waals surface area (Å²) in [5.74, 6) is 0.133. The van der Waals surface area contributed by atoms with E-state index in [1.165, 1.54) is 4.90 Å². The molecule has 2 aromatic rings. The zero-order valence-corrected chi connectivity index (χ0v) is 11.2. The van der Waals surface area contributed by atoms with Crippen LogP contribution >= 0.6 is 0 Å². The summed E-state index contributed by atoms with van der Waals surface area (Å²) in [6.07, 6.45) is 0.980. The van der Waals surface area contributed by atoms with E-state index in [0.29, 0.717) is 24.0 Å². The highest BCUT2D eigenvalue weighted by molar-refractivity contribution is 5.76. The van der Waals surface area contributed by atoms with Gasteiger partial charge in [-0.1, -0.05) is 12.1 Å². The summed E-state index contributed by atoms with van der Waals surface area (Å²) in [6.45, 7) is -2.39. The van der Waals surface area contributed by atoms with E-state index in [0.717, 1.165) is 17.4 Å². The summed E-state index contributed by atoms with van der Waals surface area (Å²) in [7, 11) is 0. The molecule has 1 N–H and O–H groups in total. The number of fused-ring (bicyclic) bond motifs is 1. The maximum atomic E-state index is 13.4. The number of hydrogen-bond donors (Lipinski definition) is 1. The molecule has 112 valence electrons. The van der Waals surface area contributed by atoms with Crippen LogP contribution in [0.15, 0.2) is 24.3 Å². The topological polar surface area (TPSA) is 58.4 Å². The van der Waals surface area contributed by atoms with Crippen molar-refractivity contribution in [3.8, 4) is 0 Å². The van der Waals surface area contributed by atoms with Gasteiger partial charge in [0.05, 0.1) is 17.1 Å². The normalized spacial score (nSPS) is 19.4. The maximum absolute atomic E-state index is 13.4. The van der Waals surface area contributed by atoms with Gasteiger partial charge in [0.25, 0.3) is 0 Å². The predicted molar refractivity (Wildman–Crippen MR) is 72.3 cm³/mol. The van der Waals surface area contributed by atoms with Gasteiger partial charge in [-0.2, -0.15) is 8.78 Å². The van der Waals surface area contributed by atoms with Crippen LogP contribution in [0.4, 0.5) is 13.6 Å². The molecule has 1 aliphatic heterocycles. The molecule has 0 radical (unpaired) electrons. The van der Waals surface area contributed by atoms with Gasteiger partial charge in [0, 0.05) is 6.54 Å². The summed E-state index contributed by atoms with van der Waals surface area (Å²) >= 11 is 0. The Kier molecular flexibility index (Phi) is 3.48. The molecular formula is C14H15F2N3O2. The molecule has 0 spiro atoms. The van der Waals surface area contributed by atoms with Crippen molar-refractivity contribution >= 4 is 17.1 Å². The van der Waals surface area contributed by atoms with Crippen LogP contribution < -0.4 is 0 Å². The highest BCUT2D eigenvalue weighted by Gasteiger charge is 2.33. The fourth-order valence-electron chi connectivity index (χ4n) is 2.93. The second-order valence-electron chi connectivity index (χ2n) is 5.09. The van der Waals surface area contributed by atoms with Crippen molar-refractivity contribution in [2.24, 2.45) is 0 Å². The Labute approximate surface area is 119 Å². The van der Waals surface area contributed by atoms with Gasteiger partial charge in [-0.15, -0.1) is 0 Å². The molecule has 1 saturated heterocycles. The molecule has 1 atom stereocenters. The number of benzene rings is 1. The first-order valence-electron chi connectivity index (χ1n) is 6.84. The van der Waals surface area contributed by atoms with Crippen LogP contribution in [-0.4, -0.2) is 32.2 Å². The number of alkyl halides is 2. The van der Waals surface area contributed by atoms with Crippen molar-refractivity contribution in [3.05, 3.63) is 30.1 Å². The first kappa shape index (κ1) is 13.8. The summed E-state index contributed by atoms with van der Waals surface area (Å²) in [5, 5.41) is 9.28. The summed E-state index contributed by atoms with van der Waals surface area (Å²) in [5.41, 5.74) is 0.794. The second kappa shape index (κ2) is 5.31. The number of aromatic nitrogens is 2. The number of amides is 1. The van der Waals surface area contributed by atoms with Crippen LogP contribution in [0.25, 0.3) is 11.0 Å². The van der Waals surface area contributed by atoms with E-state index in [1.54, 1.807) is 24.3 Å². The van der Waals surface area contributed by atoms with Crippen LogP contribution in [-0.2, 0) is 0 Å². The molecule has 1 aromatic carbocycles. The lowest BCUT2D eigenvalue weighted by atomic mass is 10.0. The molecule has 1 unspecified atom stereocenters. The van der Waals surface area contributed by atoms with Gasteiger partial charge in [-0.05, 0) is 31.4 Å². The van der Waals surface area contributed by atoms with Gasteiger partial charge in [0.15, 0.2) is 0 Å². The number of rotatable bonds is 2. The summed E-state index contributed by atoms with van der Waals surface area (Å²) < 4.78 is 27.7. The standard InChI is InChI=1S/C14H15F2N3O2/c15-13(16)19-10-6-2-1-5-9(10)17-12(19)11-7-3-4-8-18(11)14(20)21/h1-2,5-6,11,13H,3-4,7-8H2,(H,20,21). The zero-order valence-electron chi connectivity index (χ0n) is 11.2. The van der Waals surface area contributed by atoms with E-state index < -0.39 is 18.7 Å². The molecule has 1 fully saturated rings. The molecule has 0 bridgehead atoms. The Balaban J connectivity index is 2.14. The van der Waals surface area contributed by atoms with E-state index in [9.17, 15) is 18.7 Å². The van der Waals surface area contributed by atoms with Crippen molar-refractivity contribution in [2.45, 2.75) is 31.9 Å². The predicted octanol–water partition coefficient (Wildman–Crippen LogP) is 3.64. The first-order valence-corrected chi connectivity index (χ1v) is 6.84. The van der Waals surface area contributed by atoms with Gasteiger partial charge in [-0.3, -0.25) is 9.47 Å². The molecule has 7 heteroatoms. The molecule has 0 saturated carbocycles. The number of imidazole rings is 1. The smallest absolute Gasteiger partial charge is 0.407 e. The Morgan fingerprint density at radius 1 is 1.33 bits per heavy atom. The maximum Gasteiger partial charge on any atom is 0.407 e. The largest absolute Gasteiger partial charge is 0.465 e. The third kappa shape index (κ3) is 2.32. The van der Waals surface area contributed by atoms with Crippen LogP contribution in [0.3, 0.4) is 0 Å². The molecular weight excluding hydrogens is 280 g/mol. The fraction of sp³-hybridized carbons (Fsp3) is 0.429. The minimum Gasteiger partial charge on any atom is -0.465 e. The molecule has 3 rings (SSSR count). The molecule has 1 aliphatic rings. The van der Waals surface area contributed by atoms with Crippen molar-refractivity contribution < 1.29 is 18.7 Å². The van der Waals surface area contributed by atoms with E-state index in [1.807, 2.05) is 0 Å². The monoisotopic (exact) mass is 295 g/mol. The molecule has 5 nitrogen and oxygen atoms in total. The fourth-order valence-corrected chi connectivity index (χ4v) is 2.93. The summed E-state index contributed by atoms with van der Waals surface area (Å²) in [6, 6.07) is 6.02. The third-order valence-electron chi connectivity index (χ3n) is 3.86. The van der Waals surface area contributed by atoms with Gasteiger partial charge < -0.3 is 5.11 Å². The SMILES string of the molecule is O=C(O)N1CCCCC1c1nc2ccccc2n1C(F)F. The lowest BCUT2D eigenvalue weighted by Gasteiger charge is -2.33. The highest BCUT2D eigenvalue weighted by Crippen LogP contribution is 2.34. The van der Waals surface area contributed by atoms with Crippen LogP contribution in [0.2, 0.25) is 0 Å². The van der Waals surface area contributed by atoms with Crippen molar-refractivity contribution in [1.29, 1.82) is 0 Å². The van der Waals surface area contributed by atoms with Crippen molar-refractivity contribution in [2.75, 3.05) is 6.54 Å². The second-order valence-corrected chi connectivity index (χ2v) is 5.09. The Morgan fingerprint density at radius 3 is 2.81 bits per heavy atom. The molecule has 1 amide bonds. The third-order valence-corrected chi connectivity index (χ3v) is 3.86. The Morgan fingerprint density at radius 2 is 2.10 bits per heavy atom. The number of likely N-dealkylation sites (tertiary alicyclic amines) is 1. The van der Waals surface area contributed by atoms with Gasteiger partial charge in [0.1, 0.15) is 5.82 Å². The number of nitrogens with zero attached hydrogens (tertiary/aromatic N) is 3. The molecule has 2 heterocycles. The average Bonchev–Trinajstić information content (AvgIpc) is 2.86. The number of carbonyl (C=O) groups is 1. The van der Waals surface area contributed by atoms with Gasteiger partial charge in [-0.25, -0.2) is 9.78 Å². The van der Waals surface area contributed by atoms with E-state index in [4.69, 9.17) is 0 Å². The number of hydrogen-bond acceptors (Lipinski definition) is 2. The van der Waals surface area contributed by atoms with E-state index >= 15 is 0 Å². The van der Waals surface area contributed by atoms with Gasteiger partial charge >= 0.3 is 12.6 Å². The number of piperidine rings is 1. The van der Waals surface area contributed by atoms with E-state index in [2.05, 4.69) is 4.98 Å². The number of halogens is 2. The Hall–Kier alpha value is -2.18. The highest BCUT2D eigenvalue weighted by atomic mass is 19.3. The van der Waals surface area contributed by atoms with Crippen LogP contribution in [0.1, 0.15) is 37.7 Å². The van der Waals surface area contributed by atoms with Crippen molar-refractivity contribution in [3.63, 3.8) is 0 Å². The van der Waals surface area contributed by atoms with Crippen molar-refractivity contribution in [1.82, 2.24) is 14.5 Å². The number of carboxylic acid groups (broad SMARTS) is 1. The average molecular weight is 295 g/mol. The van der Waals surface area contributed by atoms with Crippen LogP contribution in [0, 0.1) is 0 Å². The lowest BCUT2D eigenvalue weighted by Crippen LogP contribution is -2.38. The van der Waals surface area contributed by atoms with E-state index in [-0.39, 0.29) is 5.82 Å². The van der Waals surface area contributed by atoms with Gasteiger partial charge in [0.2, 0.25) is 0 Å². The quantitative estimate of drug-likeness (QED) is 0.920. The van der Waals surface area contributed by atoms with Crippen LogP contribution in [0.5, 0.6) is 0 Å². The lowest BCUT2D eigenvalue weighted by molar-refractivity contribution is 0.0576. The zero-order chi connectivity index (χ0) is 15.0. The number of para-hydroxylation sites is 2. The molecule has 0 aliphatic carbocycles. The molecule has 21 heavy (non-hydrogen) atoms.